The molecule has 1 rings (SSSR count). The number of hydrogen-bond acceptors (Lipinski definition) is 4. The van der Waals surface area contributed by atoms with Gasteiger partial charge >= 0.3 is 11.9 Å². The average molecular weight is 398 g/mol. The molecule has 1 N–H and O–H groups in total. The predicted molar refractivity (Wildman–Crippen MR) is 122 cm³/mol. The van der Waals surface area contributed by atoms with Crippen LogP contribution in [-0.4, -0.2) is 24.2 Å². The third-order valence-electron chi connectivity index (χ3n) is 2.19. The molecule has 0 radical (unpaired) electrons. The van der Waals surface area contributed by atoms with Crippen LogP contribution in [0.1, 0.15) is 19.4 Å². The summed E-state index contributed by atoms with van der Waals surface area (Å²) in [7, 11) is 1.33. The van der Waals surface area contributed by atoms with Crippen LogP contribution >= 0.6 is 0 Å². The Morgan fingerprint density at radius 2 is 1.38 bits per heavy atom. The van der Waals surface area contributed by atoms with Crippen LogP contribution in [0.5, 0.6) is 0 Å². The molecule has 0 aromatic heterocycles. The maximum atomic E-state index is 10.2. The number of methoxy groups -OCH3 is 1. The number of allylic oxidation sites excluding steroid dienone is 3. The number of hydrogen-bond donors (Lipinski definition) is 1. The molecule has 0 saturated heterocycles. The molecule has 0 amide bonds. The van der Waals surface area contributed by atoms with Crippen LogP contribution in [0, 0.1) is 11.3 Å². The van der Waals surface area contributed by atoms with E-state index in [9.17, 15) is 9.59 Å². The molecule has 0 heterocycles. The molecule has 1 aromatic carbocycles. The summed E-state index contributed by atoms with van der Waals surface area (Å²) in [5, 5.41) is 15.4. The highest BCUT2D eigenvalue weighted by Gasteiger charge is 1.95. The van der Waals surface area contributed by atoms with Gasteiger partial charge in [0.2, 0.25) is 0 Å². The van der Waals surface area contributed by atoms with Gasteiger partial charge in [0.25, 0.3) is 0 Å². The van der Waals surface area contributed by atoms with Crippen molar-refractivity contribution in [2.45, 2.75) is 13.8 Å². The van der Waals surface area contributed by atoms with Crippen molar-refractivity contribution in [3.8, 4) is 6.07 Å². The molecule has 5 nitrogen and oxygen atoms in total. The minimum absolute atomic E-state index is 0.176. The monoisotopic (exact) mass is 397 g/mol. The number of carboxylic acid groups (broad SMARTS) is 1. The molecule has 0 bridgehead atoms. The topological polar surface area (TPSA) is 87.4 Å². The average Bonchev–Trinajstić information content (AvgIpc) is 2.74. The summed E-state index contributed by atoms with van der Waals surface area (Å²) in [5.41, 5.74) is 1.78. The second-order valence-electron chi connectivity index (χ2n) is 4.78. The van der Waals surface area contributed by atoms with Gasteiger partial charge in [0.15, 0.2) is 0 Å². The van der Waals surface area contributed by atoms with Gasteiger partial charge in [-0.15, -0.1) is 0 Å². The molecule has 0 unspecified atom stereocenters. The van der Waals surface area contributed by atoms with Gasteiger partial charge in [-0.25, -0.2) is 9.59 Å². The van der Waals surface area contributed by atoms with Gasteiger partial charge in [-0.2, -0.15) is 5.26 Å². The van der Waals surface area contributed by atoms with Crippen molar-refractivity contribution >= 4 is 18.0 Å². The predicted octanol–water partition coefficient (Wildman–Crippen LogP) is 5.77. The number of benzene rings is 1. The van der Waals surface area contributed by atoms with Gasteiger partial charge in [0, 0.05) is 17.2 Å². The minimum Gasteiger partial charge on any atom is -0.478 e. The first-order chi connectivity index (χ1) is 13.6. The lowest BCUT2D eigenvalue weighted by Crippen LogP contribution is -1.98. The lowest BCUT2D eigenvalue weighted by atomic mass is 10.2. The second-order valence-corrected chi connectivity index (χ2v) is 4.78. The molecule has 0 spiro atoms. The van der Waals surface area contributed by atoms with Gasteiger partial charge < -0.3 is 9.84 Å². The smallest absolute Gasteiger partial charge is 0.332 e. The maximum absolute atomic E-state index is 10.2. The van der Waals surface area contributed by atoms with E-state index in [-0.39, 0.29) is 11.5 Å². The Morgan fingerprint density at radius 1 is 1.00 bits per heavy atom. The van der Waals surface area contributed by atoms with E-state index in [4.69, 9.17) is 10.4 Å². The standard InChI is InChI=1S/C8H8.C5H8O2.C4H6O2.C4H6.C3H3N/c1-2-8-6-4-3-5-7-8;1-4(2)5(6)7-3;1-3(2)4(5)6;1-3-4-2;1-2-3-4/h2-7H,1H2;1H2,2-3H3;1H2,2H3,(H,5,6);3-4H,1-2H2;2H,1H2. The summed E-state index contributed by atoms with van der Waals surface area (Å²) in [6, 6.07) is 11.7. The van der Waals surface area contributed by atoms with Crippen LogP contribution in [-0.2, 0) is 14.3 Å². The fraction of sp³-hybridized carbons (Fsp3) is 0.125. The normalized spacial score (nSPS) is 6.97. The van der Waals surface area contributed by atoms with E-state index in [1.165, 1.54) is 25.7 Å². The number of nitrogens with zero attached hydrogens (tertiary/aromatic N) is 1. The van der Waals surface area contributed by atoms with Gasteiger partial charge in [-0.3, -0.25) is 0 Å². The van der Waals surface area contributed by atoms with E-state index in [2.05, 4.69) is 44.2 Å². The molecule has 0 aliphatic carbocycles. The van der Waals surface area contributed by atoms with E-state index in [0.29, 0.717) is 5.57 Å². The molecule has 5 heteroatoms. The zero-order chi connectivity index (χ0) is 23.7. The second kappa shape index (κ2) is 26.3. The Hall–Kier alpha value is -3.91. The van der Waals surface area contributed by atoms with Gasteiger partial charge in [-0.05, 0) is 19.4 Å². The lowest BCUT2D eigenvalue weighted by Gasteiger charge is -1.91. The van der Waals surface area contributed by atoms with Crippen molar-refractivity contribution in [1.82, 2.24) is 0 Å². The highest BCUT2D eigenvalue weighted by atomic mass is 16.5. The van der Waals surface area contributed by atoms with E-state index in [0.717, 1.165) is 0 Å². The summed E-state index contributed by atoms with van der Waals surface area (Å²) in [4.78, 5) is 19.8. The van der Waals surface area contributed by atoms with Gasteiger partial charge in [0.05, 0.1) is 13.2 Å². The lowest BCUT2D eigenvalue weighted by molar-refractivity contribution is -0.136. The van der Waals surface area contributed by atoms with Crippen molar-refractivity contribution in [3.05, 3.63) is 105 Å². The largest absolute Gasteiger partial charge is 0.478 e. The first kappa shape index (κ1) is 32.7. The maximum Gasteiger partial charge on any atom is 0.332 e. The molecule has 29 heavy (non-hydrogen) atoms. The molecule has 156 valence electrons. The number of nitriles is 1. The Balaban J connectivity index is -0.000000139. The molecule has 0 fully saturated rings. The quantitative estimate of drug-likeness (QED) is 0.302. The zero-order valence-electron chi connectivity index (χ0n) is 17.6. The number of aliphatic carboxylic acids is 1. The number of carboxylic acids is 1. The fourth-order valence-corrected chi connectivity index (χ4v) is 0.763. The third-order valence-corrected chi connectivity index (χ3v) is 2.19. The first-order valence-electron chi connectivity index (χ1n) is 8.13. The van der Waals surface area contributed by atoms with Crippen LogP contribution in [0.25, 0.3) is 6.08 Å². The highest BCUT2D eigenvalue weighted by Crippen LogP contribution is 1.97. The van der Waals surface area contributed by atoms with E-state index in [1.807, 2.05) is 36.4 Å². The van der Waals surface area contributed by atoms with Crippen molar-refractivity contribution in [2.75, 3.05) is 7.11 Å². The molecular weight excluding hydrogens is 366 g/mol. The van der Waals surface area contributed by atoms with Crippen molar-refractivity contribution in [2.24, 2.45) is 0 Å². The number of rotatable bonds is 4. The molecule has 0 saturated carbocycles. The summed E-state index contributed by atoms with van der Waals surface area (Å²) in [5.74, 6) is -1.28. The SMILES string of the molecule is C=C(C)C(=O)O.C=C(C)C(=O)OC.C=CC#N.C=CC=C.C=Cc1ccccc1. The Kier molecular flexibility index (Phi) is 29.7. The number of carbonyl (C=O) groups is 2. The van der Waals surface area contributed by atoms with E-state index in [1.54, 1.807) is 25.1 Å². The minimum atomic E-state index is -0.935. The van der Waals surface area contributed by atoms with Crippen molar-refractivity contribution in [1.29, 1.82) is 5.26 Å². The number of carbonyl (C=O) groups excluding carboxylic acids is 1. The third kappa shape index (κ3) is 35.9. The Bertz CT molecular complexity index is 677. The van der Waals surface area contributed by atoms with Gasteiger partial charge in [-0.1, -0.05) is 88.0 Å². The molecular formula is C24H31NO4. The first-order valence-corrected chi connectivity index (χ1v) is 8.13. The summed E-state index contributed by atoms with van der Waals surface area (Å²) in [6.07, 6.45) is 6.29. The van der Waals surface area contributed by atoms with Crippen LogP contribution in [0.2, 0.25) is 0 Å². The molecule has 1 aromatic rings. The summed E-state index contributed by atoms with van der Waals surface area (Å²) in [6.45, 7) is 23.0. The highest BCUT2D eigenvalue weighted by molar-refractivity contribution is 5.86. The molecule has 0 atom stereocenters. The summed E-state index contributed by atoms with van der Waals surface area (Å²) < 4.78 is 4.27. The van der Waals surface area contributed by atoms with Crippen LogP contribution in [0.15, 0.2) is 99.2 Å². The van der Waals surface area contributed by atoms with E-state index < -0.39 is 5.97 Å². The molecule has 0 aliphatic rings. The van der Waals surface area contributed by atoms with E-state index >= 15 is 0 Å². The number of ether oxygens (including phenoxy) is 1. The van der Waals surface area contributed by atoms with Crippen LogP contribution < -0.4 is 0 Å². The number of esters is 1. The Morgan fingerprint density at radius 3 is 1.48 bits per heavy atom. The van der Waals surface area contributed by atoms with Crippen molar-refractivity contribution < 1.29 is 19.4 Å². The van der Waals surface area contributed by atoms with Crippen LogP contribution in [0.4, 0.5) is 0 Å². The van der Waals surface area contributed by atoms with Crippen LogP contribution in [0.3, 0.4) is 0 Å². The van der Waals surface area contributed by atoms with Crippen molar-refractivity contribution in [3.63, 3.8) is 0 Å². The fourth-order valence-electron chi connectivity index (χ4n) is 0.763. The summed E-state index contributed by atoms with van der Waals surface area (Å²) >= 11 is 0. The zero-order valence-corrected chi connectivity index (χ0v) is 17.6. The Labute approximate surface area is 175 Å². The van der Waals surface area contributed by atoms with Gasteiger partial charge in [0.1, 0.15) is 0 Å². The molecule has 0 aliphatic heterocycles.